The van der Waals surface area contributed by atoms with Crippen LogP contribution < -0.4 is 4.90 Å². The van der Waals surface area contributed by atoms with E-state index in [1.54, 1.807) is 4.68 Å². The first-order valence-electron chi connectivity index (χ1n) is 6.21. The maximum Gasteiger partial charge on any atom is 0.227 e. The SMILES string of the molecule is Cn1ccc(CN2C(=O)CCc3cc(Br)ccc32)n1. The number of halogens is 1. The highest BCUT2D eigenvalue weighted by molar-refractivity contribution is 9.10. The zero-order valence-corrected chi connectivity index (χ0v) is 12.2. The van der Waals surface area contributed by atoms with Gasteiger partial charge < -0.3 is 4.90 Å². The minimum atomic E-state index is 0.167. The molecule has 0 fully saturated rings. The first kappa shape index (κ1) is 12.4. The lowest BCUT2D eigenvalue weighted by molar-refractivity contribution is -0.119. The summed E-state index contributed by atoms with van der Waals surface area (Å²) in [5, 5.41) is 4.34. The van der Waals surface area contributed by atoms with Crippen LogP contribution in [0.2, 0.25) is 0 Å². The van der Waals surface area contributed by atoms with Gasteiger partial charge in [0.1, 0.15) is 0 Å². The van der Waals surface area contributed by atoms with E-state index in [4.69, 9.17) is 0 Å². The van der Waals surface area contributed by atoms with E-state index in [1.165, 1.54) is 5.56 Å². The minimum absolute atomic E-state index is 0.167. The average Bonchev–Trinajstić information content (AvgIpc) is 2.78. The number of fused-ring (bicyclic) bond motifs is 1. The zero-order chi connectivity index (χ0) is 13.4. The molecule has 0 N–H and O–H groups in total. The molecule has 0 saturated carbocycles. The molecule has 0 radical (unpaired) electrons. The van der Waals surface area contributed by atoms with Crippen molar-refractivity contribution in [3.05, 3.63) is 46.2 Å². The van der Waals surface area contributed by atoms with E-state index in [0.29, 0.717) is 13.0 Å². The molecule has 2 heterocycles. The van der Waals surface area contributed by atoms with Gasteiger partial charge in [-0.3, -0.25) is 9.48 Å². The summed E-state index contributed by atoms with van der Waals surface area (Å²) in [4.78, 5) is 14.0. The Balaban J connectivity index is 1.94. The molecule has 19 heavy (non-hydrogen) atoms. The van der Waals surface area contributed by atoms with Crippen molar-refractivity contribution in [1.29, 1.82) is 0 Å². The number of carbonyl (C=O) groups is 1. The van der Waals surface area contributed by atoms with Crippen molar-refractivity contribution in [1.82, 2.24) is 9.78 Å². The van der Waals surface area contributed by atoms with E-state index in [-0.39, 0.29) is 5.91 Å². The van der Waals surface area contributed by atoms with E-state index in [1.807, 2.05) is 36.3 Å². The summed E-state index contributed by atoms with van der Waals surface area (Å²) < 4.78 is 2.81. The molecule has 0 bridgehead atoms. The highest BCUT2D eigenvalue weighted by Crippen LogP contribution is 2.31. The fraction of sp³-hybridized carbons (Fsp3) is 0.286. The molecule has 2 aromatic rings. The predicted octanol–water partition coefficient (Wildman–Crippen LogP) is 2.66. The number of carbonyl (C=O) groups excluding carboxylic acids is 1. The summed E-state index contributed by atoms with van der Waals surface area (Å²) in [5.74, 6) is 0.167. The minimum Gasteiger partial charge on any atom is -0.306 e. The molecule has 4 nitrogen and oxygen atoms in total. The van der Waals surface area contributed by atoms with E-state index in [9.17, 15) is 4.79 Å². The molecule has 3 rings (SSSR count). The summed E-state index contributed by atoms with van der Waals surface area (Å²) in [7, 11) is 1.88. The molecule has 0 atom stereocenters. The van der Waals surface area contributed by atoms with Crippen LogP contribution >= 0.6 is 15.9 Å². The average molecular weight is 320 g/mol. The fourth-order valence-corrected chi connectivity index (χ4v) is 2.82. The van der Waals surface area contributed by atoms with Crippen LogP contribution in [0.25, 0.3) is 0 Å². The second-order valence-corrected chi connectivity index (χ2v) is 5.65. The van der Waals surface area contributed by atoms with Gasteiger partial charge in [-0.2, -0.15) is 5.10 Å². The molecule has 1 amide bonds. The van der Waals surface area contributed by atoms with Crippen LogP contribution in [-0.2, 0) is 24.8 Å². The molecule has 0 saturated heterocycles. The van der Waals surface area contributed by atoms with Crippen molar-refractivity contribution in [2.24, 2.45) is 7.05 Å². The van der Waals surface area contributed by atoms with Gasteiger partial charge in [0.15, 0.2) is 0 Å². The van der Waals surface area contributed by atoms with Crippen LogP contribution in [0.15, 0.2) is 34.9 Å². The van der Waals surface area contributed by atoms with Crippen molar-refractivity contribution < 1.29 is 4.79 Å². The Hall–Kier alpha value is -1.62. The number of aromatic nitrogens is 2. The molecule has 0 unspecified atom stereocenters. The third-order valence-corrected chi connectivity index (χ3v) is 3.82. The number of anilines is 1. The lowest BCUT2D eigenvalue weighted by Gasteiger charge is -2.29. The molecule has 1 aliphatic heterocycles. The third-order valence-electron chi connectivity index (χ3n) is 3.33. The van der Waals surface area contributed by atoms with Crippen molar-refractivity contribution in [2.75, 3.05) is 4.90 Å². The summed E-state index contributed by atoms with van der Waals surface area (Å²) in [6.45, 7) is 0.536. The van der Waals surface area contributed by atoms with Gasteiger partial charge in [0.25, 0.3) is 0 Å². The second kappa shape index (κ2) is 4.81. The third kappa shape index (κ3) is 2.42. The van der Waals surface area contributed by atoms with E-state index < -0.39 is 0 Å². The zero-order valence-electron chi connectivity index (χ0n) is 10.6. The van der Waals surface area contributed by atoms with Crippen molar-refractivity contribution in [3.63, 3.8) is 0 Å². The normalized spacial score (nSPS) is 14.6. The Bertz CT molecular complexity index is 635. The number of nitrogens with zero attached hydrogens (tertiary/aromatic N) is 3. The topological polar surface area (TPSA) is 38.1 Å². The first-order chi connectivity index (χ1) is 9.13. The molecular weight excluding hydrogens is 306 g/mol. The fourth-order valence-electron chi connectivity index (χ4n) is 2.41. The lowest BCUT2D eigenvalue weighted by atomic mass is 10.0. The Labute approximate surface area is 120 Å². The van der Waals surface area contributed by atoms with Gasteiger partial charge in [0.05, 0.1) is 12.2 Å². The number of benzene rings is 1. The van der Waals surface area contributed by atoms with Crippen molar-refractivity contribution in [3.8, 4) is 0 Å². The standard InChI is InChI=1S/C14H14BrN3O/c1-17-7-6-12(16-17)9-18-13-4-3-11(15)8-10(13)2-5-14(18)19/h3-4,6-8H,2,5,9H2,1H3. The first-order valence-corrected chi connectivity index (χ1v) is 7.00. The number of hydrogen-bond acceptors (Lipinski definition) is 2. The molecule has 5 heteroatoms. The summed E-state index contributed by atoms with van der Waals surface area (Å²) in [6.07, 6.45) is 3.27. The van der Waals surface area contributed by atoms with Gasteiger partial charge in [-0.05, 0) is 36.2 Å². The van der Waals surface area contributed by atoms with Gasteiger partial charge >= 0.3 is 0 Å². The Kier molecular flexibility index (Phi) is 3.14. The van der Waals surface area contributed by atoms with E-state index in [0.717, 1.165) is 22.3 Å². The highest BCUT2D eigenvalue weighted by atomic mass is 79.9. The van der Waals surface area contributed by atoms with Crippen molar-refractivity contribution in [2.45, 2.75) is 19.4 Å². The smallest absolute Gasteiger partial charge is 0.227 e. The Morgan fingerprint density at radius 1 is 1.32 bits per heavy atom. The predicted molar refractivity (Wildman–Crippen MR) is 76.9 cm³/mol. The van der Waals surface area contributed by atoms with E-state index in [2.05, 4.69) is 27.1 Å². The van der Waals surface area contributed by atoms with Crippen molar-refractivity contribution >= 4 is 27.5 Å². The molecule has 1 aromatic heterocycles. The number of amides is 1. The number of rotatable bonds is 2. The van der Waals surface area contributed by atoms with Gasteiger partial charge in [-0.1, -0.05) is 15.9 Å². The molecule has 0 aliphatic carbocycles. The summed E-state index contributed by atoms with van der Waals surface area (Å²) in [5.41, 5.74) is 3.13. The number of hydrogen-bond donors (Lipinski definition) is 0. The van der Waals surface area contributed by atoms with Crippen LogP contribution in [0, 0.1) is 0 Å². The summed E-state index contributed by atoms with van der Waals surface area (Å²) in [6, 6.07) is 8.01. The molecular formula is C14H14BrN3O. The molecule has 1 aliphatic rings. The van der Waals surface area contributed by atoms with Crippen LogP contribution in [-0.4, -0.2) is 15.7 Å². The van der Waals surface area contributed by atoms with Crippen LogP contribution in [0.3, 0.4) is 0 Å². The molecule has 1 aromatic carbocycles. The highest BCUT2D eigenvalue weighted by Gasteiger charge is 2.24. The van der Waals surface area contributed by atoms with Gasteiger partial charge in [-0.15, -0.1) is 0 Å². The van der Waals surface area contributed by atoms with Gasteiger partial charge in [-0.25, -0.2) is 0 Å². The largest absolute Gasteiger partial charge is 0.306 e. The van der Waals surface area contributed by atoms with Gasteiger partial charge in [0.2, 0.25) is 5.91 Å². The summed E-state index contributed by atoms with van der Waals surface area (Å²) >= 11 is 3.48. The van der Waals surface area contributed by atoms with E-state index >= 15 is 0 Å². The molecule has 0 spiro atoms. The Morgan fingerprint density at radius 2 is 2.16 bits per heavy atom. The quantitative estimate of drug-likeness (QED) is 0.853. The maximum atomic E-state index is 12.1. The number of aryl methyl sites for hydroxylation is 2. The van der Waals surface area contributed by atoms with Crippen LogP contribution in [0.1, 0.15) is 17.7 Å². The maximum absolute atomic E-state index is 12.1. The monoisotopic (exact) mass is 319 g/mol. The van der Waals surface area contributed by atoms with Gasteiger partial charge in [0, 0.05) is 29.8 Å². The van der Waals surface area contributed by atoms with Crippen LogP contribution in [0.5, 0.6) is 0 Å². The lowest BCUT2D eigenvalue weighted by Crippen LogP contribution is -2.34. The second-order valence-electron chi connectivity index (χ2n) is 4.73. The van der Waals surface area contributed by atoms with Crippen LogP contribution in [0.4, 0.5) is 5.69 Å². The Morgan fingerprint density at radius 3 is 2.89 bits per heavy atom. The molecule has 98 valence electrons.